The fourth-order valence-electron chi connectivity index (χ4n) is 3.12. The number of anilines is 1. The van der Waals surface area contributed by atoms with E-state index in [4.69, 9.17) is 0 Å². The van der Waals surface area contributed by atoms with Crippen LogP contribution in [0.4, 0.5) is 5.69 Å². The van der Waals surface area contributed by atoms with Gasteiger partial charge in [-0.1, -0.05) is 38.8 Å². The van der Waals surface area contributed by atoms with Crippen LogP contribution in [0.25, 0.3) is 0 Å². The zero-order valence-corrected chi connectivity index (χ0v) is 12.4. The molecule has 0 aromatic heterocycles. The SMILES string of the molecule is CCC(CC)C(NC)c1ccc2c(c1)CC(=O)N2C. The Morgan fingerprint density at radius 3 is 2.58 bits per heavy atom. The van der Waals surface area contributed by atoms with E-state index >= 15 is 0 Å². The molecule has 1 N–H and O–H groups in total. The number of fused-ring (bicyclic) bond motifs is 1. The van der Waals surface area contributed by atoms with E-state index in [-0.39, 0.29) is 5.91 Å². The van der Waals surface area contributed by atoms with E-state index in [1.54, 1.807) is 4.90 Å². The van der Waals surface area contributed by atoms with Gasteiger partial charge in [-0.25, -0.2) is 0 Å². The predicted octanol–water partition coefficient (Wildman–Crippen LogP) is 2.90. The van der Waals surface area contributed by atoms with E-state index in [0.29, 0.717) is 18.4 Å². The minimum atomic E-state index is 0.190. The molecule has 104 valence electrons. The lowest BCUT2D eigenvalue weighted by atomic mass is 9.88. The molecule has 1 aliphatic rings. The Morgan fingerprint density at radius 1 is 1.32 bits per heavy atom. The van der Waals surface area contributed by atoms with Crippen LogP contribution in [-0.2, 0) is 11.2 Å². The van der Waals surface area contributed by atoms with Gasteiger partial charge >= 0.3 is 0 Å². The van der Waals surface area contributed by atoms with Gasteiger partial charge in [-0.05, 0) is 30.2 Å². The van der Waals surface area contributed by atoms with Crippen LogP contribution >= 0.6 is 0 Å². The van der Waals surface area contributed by atoms with E-state index in [1.165, 1.54) is 5.56 Å². The van der Waals surface area contributed by atoms with E-state index in [9.17, 15) is 4.79 Å². The quantitative estimate of drug-likeness (QED) is 0.883. The molecule has 1 heterocycles. The maximum atomic E-state index is 11.7. The van der Waals surface area contributed by atoms with Gasteiger partial charge in [0, 0.05) is 18.8 Å². The Kier molecular flexibility index (Phi) is 4.25. The summed E-state index contributed by atoms with van der Waals surface area (Å²) in [5.74, 6) is 0.827. The predicted molar refractivity (Wildman–Crippen MR) is 79.4 cm³/mol. The molecule has 0 saturated carbocycles. The summed E-state index contributed by atoms with van der Waals surface area (Å²) in [7, 11) is 3.87. The maximum absolute atomic E-state index is 11.7. The summed E-state index contributed by atoms with van der Waals surface area (Å²) in [5, 5.41) is 3.44. The number of hydrogen-bond acceptors (Lipinski definition) is 2. The number of hydrogen-bond donors (Lipinski definition) is 1. The van der Waals surface area contributed by atoms with E-state index in [0.717, 1.165) is 24.1 Å². The molecule has 0 spiro atoms. The Labute approximate surface area is 116 Å². The standard InChI is InChI=1S/C16H24N2O/c1-5-11(6-2)16(17-3)12-7-8-14-13(9-12)10-15(19)18(14)4/h7-9,11,16-17H,5-6,10H2,1-4H3. The molecular weight excluding hydrogens is 236 g/mol. The van der Waals surface area contributed by atoms with Crippen molar-refractivity contribution in [3.63, 3.8) is 0 Å². The summed E-state index contributed by atoms with van der Waals surface area (Å²) >= 11 is 0. The highest BCUT2D eigenvalue weighted by molar-refractivity contribution is 6.00. The van der Waals surface area contributed by atoms with Crippen LogP contribution in [-0.4, -0.2) is 20.0 Å². The third-order valence-corrected chi connectivity index (χ3v) is 4.37. The smallest absolute Gasteiger partial charge is 0.231 e. The van der Waals surface area contributed by atoms with Crippen molar-refractivity contribution in [2.24, 2.45) is 5.92 Å². The highest BCUT2D eigenvalue weighted by Crippen LogP contribution is 2.33. The molecule has 2 rings (SSSR count). The van der Waals surface area contributed by atoms with Gasteiger partial charge in [0.05, 0.1) is 6.42 Å². The fourth-order valence-corrected chi connectivity index (χ4v) is 3.12. The van der Waals surface area contributed by atoms with Crippen molar-refractivity contribution < 1.29 is 4.79 Å². The third-order valence-electron chi connectivity index (χ3n) is 4.37. The van der Waals surface area contributed by atoms with Crippen LogP contribution in [0, 0.1) is 5.92 Å². The Morgan fingerprint density at radius 2 is 2.00 bits per heavy atom. The summed E-state index contributed by atoms with van der Waals surface area (Å²) < 4.78 is 0. The number of amides is 1. The first-order valence-corrected chi connectivity index (χ1v) is 7.19. The molecule has 0 radical (unpaired) electrons. The molecule has 19 heavy (non-hydrogen) atoms. The average molecular weight is 260 g/mol. The van der Waals surface area contributed by atoms with Crippen LogP contribution in [0.1, 0.15) is 43.9 Å². The van der Waals surface area contributed by atoms with Gasteiger partial charge in [0.25, 0.3) is 0 Å². The number of benzene rings is 1. The minimum absolute atomic E-state index is 0.190. The molecule has 0 aliphatic carbocycles. The number of nitrogens with one attached hydrogen (secondary N) is 1. The Hall–Kier alpha value is -1.35. The van der Waals surface area contributed by atoms with Crippen LogP contribution in [0.5, 0.6) is 0 Å². The molecule has 3 nitrogen and oxygen atoms in total. The minimum Gasteiger partial charge on any atom is -0.315 e. The molecular formula is C16H24N2O. The van der Waals surface area contributed by atoms with E-state index in [2.05, 4.69) is 37.4 Å². The van der Waals surface area contributed by atoms with Crippen LogP contribution < -0.4 is 10.2 Å². The first kappa shape index (κ1) is 14.1. The van der Waals surface area contributed by atoms with Gasteiger partial charge in [-0.15, -0.1) is 0 Å². The van der Waals surface area contributed by atoms with E-state index < -0.39 is 0 Å². The molecule has 0 bridgehead atoms. The largest absolute Gasteiger partial charge is 0.315 e. The highest BCUT2D eigenvalue weighted by atomic mass is 16.2. The van der Waals surface area contributed by atoms with Gasteiger partial charge < -0.3 is 10.2 Å². The number of likely N-dealkylation sites (N-methyl/N-ethyl adjacent to an activating group) is 1. The lowest BCUT2D eigenvalue weighted by Crippen LogP contribution is -2.24. The second-order valence-electron chi connectivity index (χ2n) is 5.36. The summed E-state index contributed by atoms with van der Waals surface area (Å²) in [6.45, 7) is 4.48. The number of carbonyl (C=O) groups is 1. The van der Waals surface area contributed by atoms with Crippen molar-refractivity contribution in [1.82, 2.24) is 5.32 Å². The van der Waals surface area contributed by atoms with Gasteiger partial charge in [-0.2, -0.15) is 0 Å². The lowest BCUT2D eigenvalue weighted by molar-refractivity contribution is -0.117. The fraction of sp³-hybridized carbons (Fsp3) is 0.562. The summed E-state index contributed by atoms with van der Waals surface area (Å²) in [6.07, 6.45) is 2.87. The second kappa shape index (κ2) is 5.74. The molecule has 1 unspecified atom stereocenters. The molecule has 1 amide bonds. The van der Waals surface area contributed by atoms with Crippen LogP contribution in [0.3, 0.4) is 0 Å². The first-order valence-electron chi connectivity index (χ1n) is 7.19. The van der Waals surface area contributed by atoms with Gasteiger partial charge in [-0.3, -0.25) is 4.79 Å². The molecule has 3 heteroatoms. The molecule has 1 aliphatic heterocycles. The monoisotopic (exact) mass is 260 g/mol. The highest BCUT2D eigenvalue weighted by Gasteiger charge is 2.26. The average Bonchev–Trinajstić information content (AvgIpc) is 2.70. The van der Waals surface area contributed by atoms with Crippen LogP contribution in [0.15, 0.2) is 18.2 Å². The third kappa shape index (κ3) is 2.52. The Balaban J connectivity index is 2.32. The molecule has 0 saturated heterocycles. The summed E-state index contributed by atoms with van der Waals surface area (Å²) in [4.78, 5) is 13.5. The van der Waals surface area contributed by atoms with Crippen molar-refractivity contribution in [3.8, 4) is 0 Å². The van der Waals surface area contributed by atoms with Crippen molar-refractivity contribution in [2.75, 3.05) is 19.0 Å². The molecule has 1 atom stereocenters. The summed E-state index contributed by atoms with van der Waals surface area (Å²) in [5.41, 5.74) is 3.53. The molecule has 1 aromatic rings. The van der Waals surface area contributed by atoms with Gasteiger partial charge in [0.2, 0.25) is 5.91 Å². The maximum Gasteiger partial charge on any atom is 0.231 e. The number of carbonyl (C=O) groups excluding carboxylic acids is 1. The first-order chi connectivity index (χ1) is 9.12. The van der Waals surface area contributed by atoms with Crippen molar-refractivity contribution in [3.05, 3.63) is 29.3 Å². The Bertz CT molecular complexity index is 466. The summed E-state index contributed by atoms with van der Waals surface area (Å²) in [6, 6.07) is 6.83. The number of rotatable bonds is 5. The second-order valence-corrected chi connectivity index (χ2v) is 5.36. The van der Waals surface area contributed by atoms with E-state index in [1.807, 2.05) is 14.1 Å². The van der Waals surface area contributed by atoms with Crippen LogP contribution in [0.2, 0.25) is 0 Å². The number of nitrogens with zero attached hydrogens (tertiary/aromatic N) is 1. The zero-order chi connectivity index (χ0) is 14.0. The molecule has 1 aromatic carbocycles. The van der Waals surface area contributed by atoms with Gasteiger partial charge in [0.1, 0.15) is 0 Å². The van der Waals surface area contributed by atoms with Crippen molar-refractivity contribution in [1.29, 1.82) is 0 Å². The lowest BCUT2D eigenvalue weighted by Gasteiger charge is -2.26. The van der Waals surface area contributed by atoms with Gasteiger partial charge in [0.15, 0.2) is 0 Å². The van der Waals surface area contributed by atoms with Crippen molar-refractivity contribution >= 4 is 11.6 Å². The normalized spacial score (nSPS) is 16.1. The topological polar surface area (TPSA) is 32.3 Å². The van der Waals surface area contributed by atoms with Crippen molar-refractivity contribution in [2.45, 2.75) is 39.2 Å². The zero-order valence-electron chi connectivity index (χ0n) is 12.4. The molecule has 0 fully saturated rings.